The Bertz CT molecular complexity index is 750. The number of carbonyl (C=O) groups is 1. The first-order valence-electron chi connectivity index (χ1n) is 7.73. The molecule has 0 spiro atoms. The molecule has 0 unspecified atom stereocenters. The van der Waals surface area contributed by atoms with E-state index in [-0.39, 0.29) is 5.97 Å². The van der Waals surface area contributed by atoms with Crippen LogP contribution in [0.4, 0.5) is 0 Å². The Morgan fingerprint density at radius 2 is 1.86 bits per heavy atom. The van der Waals surface area contributed by atoms with Gasteiger partial charge < -0.3 is 9.72 Å². The number of aromatic nitrogens is 1. The molecule has 0 amide bonds. The molecule has 3 rings (SSSR count). The Morgan fingerprint density at radius 1 is 1.18 bits per heavy atom. The predicted octanol–water partition coefficient (Wildman–Crippen LogP) is 4.47. The van der Waals surface area contributed by atoms with Crippen LogP contribution in [0, 0.1) is 4.64 Å². The topological polar surface area (TPSA) is 42.1 Å². The van der Waals surface area contributed by atoms with E-state index in [1.54, 1.807) is 0 Å². The predicted molar refractivity (Wildman–Crippen MR) is 89.7 cm³/mol. The van der Waals surface area contributed by atoms with Crippen LogP contribution in [-0.4, -0.2) is 17.6 Å². The minimum atomic E-state index is -0.304. The Labute approximate surface area is 135 Å². The van der Waals surface area contributed by atoms with Gasteiger partial charge in [-0.25, -0.2) is 4.79 Å². The summed E-state index contributed by atoms with van der Waals surface area (Å²) < 4.78 is 5.68. The van der Waals surface area contributed by atoms with Crippen molar-refractivity contribution in [2.45, 2.75) is 32.6 Å². The van der Waals surface area contributed by atoms with Crippen LogP contribution in [0.3, 0.4) is 0 Å². The Balaban J connectivity index is 2.21. The molecular formula is C18H19NO2S. The smallest absolute Gasteiger partial charge is 0.341 e. The standard InChI is InChI=1S/C18H19NO2S/c1-2-21-18(20)15-13-10-6-7-11-14(13)16(19-17(15)22)12-8-4-3-5-9-12/h3-5,8-9H,2,6-7,10-11H2,1H3,(H,19,22). The van der Waals surface area contributed by atoms with Crippen molar-refractivity contribution in [2.75, 3.05) is 6.61 Å². The molecule has 1 aliphatic carbocycles. The molecule has 0 radical (unpaired) electrons. The quantitative estimate of drug-likeness (QED) is 0.671. The number of benzene rings is 1. The summed E-state index contributed by atoms with van der Waals surface area (Å²) in [6.45, 7) is 2.18. The van der Waals surface area contributed by atoms with Gasteiger partial charge in [0, 0.05) is 5.69 Å². The molecule has 0 saturated heterocycles. The van der Waals surface area contributed by atoms with E-state index in [1.165, 1.54) is 5.56 Å². The number of hydrogen-bond acceptors (Lipinski definition) is 3. The van der Waals surface area contributed by atoms with Gasteiger partial charge in [0.25, 0.3) is 0 Å². The van der Waals surface area contributed by atoms with Gasteiger partial charge in [0.1, 0.15) is 4.64 Å². The number of ether oxygens (including phenoxy) is 1. The number of rotatable bonds is 3. The second-order valence-electron chi connectivity index (χ2n) is 5.45. The van der Waals surface area contributed by atoms with Crippen LogP contribution in [-0.2, 0) is 17.6 Å². The number of pyridine rings is 1. The minimum Gasteiger partial charge on any atom is -0.462 e. The minimum absolute atomic E-state index is 0.304. The number of carbonyl (C=O) groups excluding carboxylic acids is 1. The highest BCUT2D eigenvalue weighted by molar-refractivity contribution is 7.71. The van der Waals surface area contributed by atoms with Gasteiger partial charge in [0.05, 0.1) is 12.2 Å². The first-order chi connectivity index (χ1) is 10.7. The van der Waals surface area contributed by atoms with Gasteiger partial charge in [-0.1, -0.05) is 42.5 Å². The average Bonchev–Trinajstić information content (AvgIpc) is 2.55. The van der Waals surface area contributed by atoms with Gasteiger partial charge in [0.2, 0.25) is 0 Å². The molecule has 1 aliphatic rings. The van der Waals surface area contributed by atoms with Crippen molar-refractivity contribution >= 4 is 18.2 Å². The number of aromatic amines is 1. The van der Waals surface area contributed by atoms with E-state index in [0.717, 1.165) is 42.5 Å². The molecule has 114 valence electrons. The van der Waals surface area contributed by atoms with E-state index >= 15 is 0 Å². The van der Waals surface area contributed by atoms with Crippen molar-refractivity contribution in [3.05, 3.63) is 51.7 Å². The van der Waals surface area contributed by atoms with Gasteiger partial charge in [-0.05, 0) is 49.3 Å². The molecule has 0 saturated carbocycles. The van der Waals surface area contributed by atoms with Crippen LogP contribution >= 0.6 is 12.2 Å². The number of fused-ring (bicyclic) bond motifs is 1. The lowest BCUT2D eigenvalue weighted by Gasteiger charge is -2.22. The maximum atomic E-state index is 12.3. The van der Waals surface area contributed by atoms with Crippen LogP contribution in [0.5, 0.6) is 0 Å². The maximum Gasteiger partial charge on any atom is 0.341 e. The molecule has 3 nitrogen and oxygen atoms in total. The third kappa shape index (κ3) is 2.71. The third-order valence-electron chi connectivity index (χ3n) is 4.08. The maximum absolute atomic E-state index is 12.3. The highest BCUT2D eigenvalue weighted by Crippen LogP contribution is 2.33. The lowest BCUT2D eigenvalue weighted by atomic mass is 9.86. The first kappa shape index (κ1) is 15.0. The molecule has 0 aliphatic heterocycles. The van der Waals surface area contributed by atoms with Crippen LogP contribution in [0.1, 0.15) is 41.3 Å². The molecule has 1 N–H and O–H groups in total. The number of esters is 1. The fourth-order valence-electron chi connectivity index (χ4n) is 3.12. The highest BCUT2D eigenvalue weighted by Gasteiger charge is 2.24. The Kier molecular flexibility index (Phi) is 4.39. The monoisotopic (exact) mass is 313 g/mol. The number of H-pyrrole nitrogens is 1. The zero-order valence-corrected chi connectivity index (χ0v) is 13.5. The fourth-order valence-corrected chi connectivity index (χ4v) is 3.42. The largest absolute Gasteiger partial charge is 0.462 e. The van der Waals surface area contributed by atoms with E-state index in [4.69, 9.17) is 17.0 Å². The van der Waals surface area contributed by atoms with Gasteiger partial charge in [0.15, 0.2) is 0 Å². The zero-order valence-electron chi connectivity index (χ0n) is 12.6. The highest BCUT2D eigenvalue weighted by atomic mass is 32.1. The van der Waals surface area contributed by atoms with Gasteiger partial charge in [-0.2, -0.15) is 0 Å². The summed E-state index contributed by atoms with van der Waals surface area (Å²) >= 11 is 5.46. The summed E-state index contributed by atoms with van der Waals surface area (Å²) in [4.78, 5) is 15.6. The molecule has 0 fully saturated rings. The lowest BCUT2D eigenvalue weighted by molar-refractivity contribution is 0.0523. The Hall–Kier alpha value is -1.94. The summed E-state index contributed by atoms with van der Waals surface area (Å²) in [5, 5.41) is 0. The summed E-state index contributed by atoms with van der Waals surface area (Å²) in [7, 11) is 0. The van der Waals surface area contributed by atoms with Crippen molar-refractivity contribution in [3.8, 4) is 11.3 Å². The van der Waals surface area contributed by atoms with Crippen molar-refractivity contribution in [3.63, 3.8) is 0 Å². The molecule has 0 bridgehead atoms. The van der Waals surface area contributed by atoms with E-state index in [0.29, 0.717) is 16.8 Å². The molecule has 2 aromatic rings. The summed E-state index contributed by atoms with van der Waals surface area (Å²) in [5.74, 6) is -0.304. The molecule has 0 atom stereocenters. The van der Waals surface area contributed by atoms with Crippen molar-refractivity contribution < 1.29 is 9.53 Å². The normalized spacial score (nSPS) is 13.5. The van der Waals surface area contributed by atoms with Gasteiger partial charge >= 0.3 is 5.97 Å². The molecule has 4 heteroatoms. The first-order valence-corrected chi connectivity index (χ1v) is 8.13. The van der Waals surface area contributed by atoms with Crippen molar-refractivity contribution in [1.82, 2.24) is 4.98 Å². The molecular weight excluding hydrogens is 294 g/mol. The van der Waals surface area contributed by atoms with E-state index in [2.05, 4.69) is 17.1 Å². The van der Waals surface area contributed by atoms with Crippen LogP contribution in [0.15, 0.2) is 30.3 Å². The molecule has 1 aromatic carbocycles. The van der Waals surface area contributed by atoms with E-state index < -0.39 is 0 Å². The zero-order chi connectivity index (χ0) is 15.5. The lowest BCUT2D eigenvalue weighted by Crippen LogP contribution is -2.16. The summed E-state index contributed by atoms with van der Waals surface area (Å²) in [6.07, 6.45) is 4.09. The molecule has 1 heterocycles. The number of nitrogens with one attached hydrogen (secondary N) is 1. The summed E-state index contributed by atoms with van der Waals surface area (Å²) in [5.41, 5.74) is 5.02. The van der Waals surface area contributed by atoms with Gasteiger partial charge in [-0.15, -0.1) is 0 Å². The van der Waals surface area contributed by atoms with E-state index in [9.17, 15) is 4.79 Å². The van der Waals surface area contributed by atoms with Crippen LogP contribution in [0.2, 0.25) is 0 Å². The average molecular weight is 313 g/mol. The van der Waals surface area contributed by atoms with Crippen molar-refractivity contribution in [1.29, 1.82) is 0 Å². The van der Waals surface area contributed by atoms with Crippen LogP contribution in [0.25, 0.3) is 11.3 Å². The van der Waals surface area contributed by atoms with Gasteiger partial charge in [-0.3, -0.25) is 0 Å². The molecule has 1 aromatic heterocycles. The third-order valence-corrected chi connectivity index (χ3v) is 4.39. The SMILES string of the molecule is CCOC(=O)c1c2c(c(-c3ccccc3)[nH]c1=S)CCCC2. The Morgan fingerprint density at radius 3 is 2.55 bits per heavy atom. The summed E-state index contributed by atoms with van der Waals surface area (Å²) in [6, 6.07) is 10.2. The second-order valence-corrected chi connectivity index (χ2v) is 5.86. The second kappa shape index (κ2) is 6.44. The van der Waals surface area contributed by atoms with E-state index in [1.807, 2.05) is 25.1 Å². The van der Waals surface area contributed by atoms with Crippen molar-refractivity contribution in [2.24, 2.45) is 0 Å². The molecule has 22 heavy (non-hydrogen) atoms. The van der Waals surface area contributed by atoms with Crippen LogP contribution < -0.4 is 0 Å². The number of hydrogen-bond donors (Lipinski definition) is 1. The fraction of sp³-hybridized carbons (Fsp3) is 0.333.